The Kier molecular flexibility index (Phi) is 3.96. The highest BCUT2D eigenvalue weighted by atomic mass is 16.4. The molecule has 4 heteroatoms. The molecule has 0 radical (unpaired) electrons. The topological polar surface area (TPSA) is 50.1 Å². The summed E-state index contributed by atoms with van der Waals surface area (Å²) in [5.41, 5.74) is 0. The summed E-state index contributed by atoms with van der Waals surface area (Å²) in [5.74, 6) is 2.50. The number of nitrogens with zero attached hydrogens (tertiary/aromatic N) is 1. The third-order valence-electron chi connectivity index (χ3n) is 3.29. The Balaban J connectivity index is 1.91. The molecule has 4 nitrogen and oxygen atoms in total. The van der Waals surface area contributed by atoms with Crippen LogP contribution in [0.25, 0.3) is 0 Å². The Labute approximate surface area is 96.8 Å². The van der Waals surface area contributed by atoms with Crippen molar-refractivity contribution in [3.63, 3.8) is 0 Å². The standard InChI is InChI=1S/C12H21N3O/c1-9(13-2)11-8-15-12(16-11)6-10-4-3-5-14-7-10/h8-10,13-14H,3-7H2,1-2H3. The minimum Gasteiger partial charge on any atom is -0.444 e. The van der Waals surface area contributed by atoms with Crippen molar-refractivity contribution in [2.45, 2.75) is 32.2 Å². The second-order valence-corrected chi connectivity index (χ2v) is 4.58. The summed E-state index contributed by atoms with van der Waals surface area (Å²) in [5, 5.41) is 6.57. The molecule has 1 aliphatic heterocycles. The molecule has 0 bridgehead atoms. The molecule has 1 saturated heterocycles. The lowest BCUT2D eigenvalue weighted by atomic mass is 9.96. The summed E-state index contributed by atoms with van der Waals surface area (Å²) >= 11 is 0. The van der Waals surface area contributed by atoms with Crippen LogP contribution in [-0.4, -0.2) is 25.1 Å². The van der Waals surface area contributed by atoms with Gasteiger partial charge in [-0.05, 0) is 45.8 Å². The van der Waals surface area contributed by atoms with Gasteiger partial charge in [0.1, 0.15) is 5.76 Å². The summed E-state index contributed by atoms with van der Waals surface area (Å²) in [7, 11) is 1.93. The predicted octanol–water partition coefficient (Wildman–Crippen LogP) is 1.50. The van der Waals surface area contributed by atoms with E-state index in [4.69, 9.17) is 4.42 Å². The van der Waals surface area contributed by atoms with E-state index in [-0.39, 0.29) is 6.04 Å². The van der Waals surface area contributed by atoms with Crippen LogP contribution < -0.4 is 10.6 Å². The summed E-state index contributed by atoms with van der Waals surface area (Å²) in [6.45, 7) is 4.33. The van der Waals surface area contributed by atoms with Gasteiger partial charge in [0.25, 0.3) is 0 Å². The molecule has 1 fully saturated rings. The maximum atomic E-state index is 5.74. The van der Waals surface area contributed by atoms with Crippen molar-refractivity contribution in [1.82, 2.24) is 15.6 Å². The van der Waals surface area contributed by atoms with Crippen LogP contribution in [0.4, 0.5) is 0 Å². The van der Waals surface area contributed by atoms with E-state index >= 15 is 0 Å². The van der Waals surface area contributed by atoms with Crippen LogP contribution in [0, 0.1) is 5.92 Å². The van der Waals surface area contributed by atoms with Crippen LogP contribution in [0.5, 0.6) is 0 Å². The van der Waals surface area contributed by atoms with Gasteiger partial charge < -0.3 is 15.1 Å². The molecule has 0 spiro atoms. The number of rotatable bonds is 4. The van der Waals surface area contributed by atoms with Gasteiger partial charge in [-0.25, -0.2) is 4.98 Å². The number of piperidine rings is 1. The maximum absolute atomic E-state index is 5.74. The molecule has 1 aromatic heterocycles. The summed E-state index contributed by atoms with van der Waals surface area (Å²) in [4.78, 5) is 4.34. The van der Waals surface area contributed by atoms with Gasteiger partial charge in [0.2, 0.25) is 0 Å². The highest BCUT2D eigenvalue weighted by molar-refractivity contribution is 5.00. The van der Waals surface area contributed by atoms with Crippen LogP contribution in [0.2, 0.25) is 0 Å². The molecular weight excluding hydrogens is 202 g/mol. The number of hydrogen-bond acceptors (Lipinski definition) is 4. The molecule has 2 atom stereocenters. The lowest BCUT2D eigenvalue weighted by molar-refractivity contribution is 0.333. The van der Waals surface area contributed by atoms with Gasteiger partial charge in [0, 0.05) is 6.42 Å². The van der Waals surface area contributed by atoms with Crippen molar-refractivity contribution < 1.29 is 4.42 Å². The van der Waals surface area contributed by atoms with Crippen LogP contribution in [-0.2, 0) is 6.42 Å². The molecule has 2 N–H and O–H groups in total. The third-order valence-corrected chi connectivity index (χ3v) is 3.29. The normalized spacial score (nSPS) is 23.2. The van der Waals surface area contributed by atoms with Crippen LogP contribution in [0.15, 0.2) is 10.6 Å². The lowest BCUT2D eigenvalue weighted by Gasteiger charge is -2.21. The maximum Gasteiger partial charge on any atom is 0.194 e. The first-order valence-corrected chi connectivity index (χ1v) is 6.12. The van der Waals surface area contributed by atoms with Crippen molar-refractivity contribution in [3.8, 4) is 0 Å². The smallest absolute Gasteiger partial charge is 0.194 e. The Morgan fingerprint density at radius 3 is 3.25 bits per heavy atom. The van der Waals surface area contributed by atoms with Gasteiger partial charge in [-0.3, -0.25) is 0 Å². The number of hydrogen-bond donors (Lipinski definition) is 2. The summed E-state index contributed by atoms with van der Waals surface area (Å²) in [6.07, 6.45) is 5.35. The number of nitrogens with one attached hydrogen (secondary N) is 2. The zero-order chi connectivity index (χ0) is 11.4. The summed E-state index contributed by atoms with van der Waals surface area (Å²) < 4.78 is 5.74. The van der Waals surface area contributed by atoms with E-state index < -0.39 is 0 Å². The molecule has 2 rings (SSSR count). The van der Waals surface area contributed by atoms with E-state index in [1.165, 1.54) is 12.8 Å². The Morgan fingerprint density at radius 1 is 1.69 bits per heavy atom. The van der Waals surface area contributed by atoms with Crippen molar-refractivity contribution in [3.05, 3.63) is 17.8 Å². The van der Waals surface area contributed by atoms with Gasteiger partial charge in [-0.15, -0.1) is 0 Å². The van der Waals surface area contributed by atoms with Crippen molar-refractivity contribution in [2.75, 3.05) is 20.1 Å². The molecule has 2 unspecified atom stereocenters. The molecule has 90 valence electrons. The molecular formula is C12H21N3O. The van der Waals surface area contributed by atoms with Crippen LogP contribution in [0.1, 0.15) is 37.5 Å². The predicted molar refractivity (Wildman–Crippen MR) is 63.3 cm³/mol. The van der Waals surface area contributed by atoms with E-state index in [0.29, 0.717) is 5.92 Å². The van der Waals surface area contributed by atoms with Gasteiger partial charge in [0.05, 0.1) is 12.2 Å². The van der Waals surface area contributed by atoms with Crippen LogP contribution >= 0.6 is 0 Å². The highest BCUT2D eigenvalue weighted by Gasteiger charge is 2.17. The van der Waals surface area contributed by atoms with Crippen molar-refractivity contribution >= 4 is 0 Å². The average molecular weight is 223 g/mol. The van der Waals surface area contributed by atoms with Gasteiger partial charge >= 0.3 is 0 Å². The van der Waals surface area contributed by atoms with Gasteiger partial charge in [-0.1, -0.05) is 0 Å². The zero-order valence-electron chi connectivity index (χ0n) is 10.1. The number of aromatic nitrogens is 1. The van der Waals surface area contributed by atoms with Crippen molar-refractivity contribution in [2.24, 2.45) is 5.92 Å². The first-order valence-electron chi connectivity index (χ1n) is 6.12. The van der Waals surface area contributed by atoms with E-state index in [1.807, 2.05) is 13.2 Å². The molecule has 0 aliphatic carbocycles. The minimum absolute atomic E-state index is 0.241. The van der Waals surface area contributed by atoms with Crippen molar-refractivity contribution in [1.29, 1.82) is 0 Å². The SMILES string of the molecule is CNC(C)c1cnc(CC2CCCNC2)o1. The molecule has 0 saturated carbocycles. The average Bonchev–Trinajstić information content (AvgIpc) is 2.78. The molecule has 2 heterocycles. The quantitative estimate of drug-likeness (QED) is 0.812. The first-order chi connectivity index (χ1) is 7.79. The third kappa shape index (κ3) is 2.83. The molecule has 0 amide bonds. The van der Waals surface area contributed by atoms with E-state index in [9.17, 15) is 0 Å². The minimum atomic E-state index is 0.241. The lowest BCUT2D eigenvalue weighted by Crippen LogP contribution is -2.30. The van der Waals surface area contributed by atoms with Gasteiger partial charge in [-0.2, -0.15) is 0 Å². The fraction of sp³-hybridized carbons (Fsp3) is 0.750. The Hall–Kier alpha value is -0.870. The van der Waals surface area contributed by atoms with E-state index in [0.717, 1.165) is 31.2 Å². The molecule has 1 aromatic rings. The fourth-order valence-electron chi connectivity index (χ4n) is 2.11. The zero-order valence-corrected chi connectivity index (χ0v) is 10.1. The first kappa shape index (κ1) is 11.6. The van der Waals surface area contributed by atoms with E-state index in [1.54, 1.807) is 0 Å². The van der Waals surface area contributed by atoms with E-state index in [2.05, 4.69) is 22.5 Å². The second kappa shape index (κ2) is 5.46. The second-order valence-electron chi connectivity index (χ2n) is 4.58. The molecule has 16 heavy (non-hydrogen) atoms. The summed E-state index contributed by atoms with van der Waals surface area (Å²) in [6, 6.07) is 0.241. The monoisotopic (exact) mass is 223 g/mol. The molecule has 0 aromatic carbocycles. The Morgan fingerprint density at radius 2 is 2.56 bits per heavy atom. The number of oxazole rings is 1. The highest BCUT2D eigenvalue weighted by Crippen LogP contribution is 2.18. The largest absolute Gasteiger partial charge is 0.444 e. The molecule has 1 aliphatic rings. The fourth-order valence-corrected chi connectivity index (χ4v) is 2.11. The Bertz CT molecular complexity index is 318. The van der Waals surface area contributed by atoms with Crippen LogP contribution in [0.3, 0.4) is 0 Å². The van der Waals surface area contributed by atoms with Gasteiger partial charge in [0.15, 0.2) is 5.89 Å².